The third-order valence-corrected chi connectivity index (χ3v) is 7.79. The molecule has 0 radical (unpaired) electrons. The smallest absolute Gasteiger partial charge is 0.235 e. The van der Waals surface area contributed by atoms with Gasteiger partial charge in [-0.25, -0.2) is 9.97 Å². The quantitative estimate of drug-likeness (QED) is 0.274. The summed E-state index contributed by atoms with van der Waals surface area (Å²) in [5.41, 5.74) is 4.03. The van der Waals surface area contributed by atoms with Crippen LogP contribution in [0.15, 0.2) is 65.8 Å². The first-order valence-electron chi connectivity index (χ1n) is 11.8. The van der Waals surface area contributed by atoms with Gasteiger partial charge in [-0.15, -0.1) is 11.8 Å². The van der Waals surface area contributed by atoms with Gasteiger partial charge in [-0.3, -0.25) is 4.79 Å². The number of rotatable bonds is 4. The number of nitrogens with one attached hydrogen (secondary N) is 2. The lowest BCUT2D eigenvalue weighted by Crippen LogP contribution is -2.40. The van der Waals surface area contributed by atoms with Crippen molar-refractivity contribution in [3.63, 3.8) is 0 Å². The van der Waals surface area contributed by atoms with E-state index in [0.29, 0.717) is 11.5 Å². The largest absolute Gasteiger partial charge is 0.495 e. The highest BCUT2D eigenvalue weighted by atomic mass is 32.2. The fourth-order valence-electron chi connectivity index (χ4n) is 4.94. The van der Waals surface area contributed by atoms with Gasteiger partial charge in [-0.05, 0) is 73.0 Å². The zero-order valence-corrected chi connectivity index (χ0v) is 20.8. The number of nitrogens with zero attached hydrogens (tertiary/aromatic N) is 2. The van der Waals surface area contributed by atoms with Gasteiger partial charge in [0.2, 0.25) is 5.91 Å². The van der Waals surface area contributed by atoms with Crippen LogP contribution in [0.3, 0.4) is 0 Å². The second-order valence-electron chi connectivity index (χ2n) is 9.04. The van der Waals surface area contributed by atoms with Gasteiger partial charge in [-0.2, -0.15) is 0 Å². The number of methoxy groups -OCH3 is 1. The number of hydrogen-bond acceptors (Lipinski definition) is 6. The molecule has 2 N–H and O–H groups in total. The summed E-state index contributed by atoms with van der Waals surface area (Å²) in [4.78, 5) is 22.7. The number of aromatic nitrogens is 2. The maximum absolute atomic E-state index is 12.5. The number of ether oxygens (including phenoxy) is 1. The second-order valence-corrected chi connectivity index (χ2v) is 9.92. The summed E-state index contributed by atoms with van der Waals surface area (Å²) >= 11 is 1.66. The monoisotopic (exact) mass is 492 g/mol. The first kappa shape index (κ1) is 22.4. The molecule has 7 heteroatoms. The number of benzene rings is 2. The Labute approximate surface area is 213 Å². The molecule has 178 valence electrons. The van der Waals surface area contributed by atoms with Gasteiger partial charge in [0.1, 0.15) is 17.3 Å². The molecule has 2 aromatic carbocycles. The molecule has 2 aromatic heterocycles. The Hall–Kier alpha value is -4.02. The van der Waals surface area contributed by atoms with Crippen molar-refractivity contribution in [1.29, 1.82) is 0 Å². The minimum Gasteiger partial charge on any atom is -0.495 e. The number of fused-ring (bicyclic) bond motifs is 3. The van der Waals surface area contributed by atoms with Crippen molar-refractivity contribution >= 4 is 45.6 Å². The van der Waals surface area contributed by atoms with Gasteiger partial charge < -0.3 is 15.4 Å². The van der Waals surface area contributed by atoms with E-state index in [1.54, 1.807) is 25.1 Å². The van der Waals surface area contributed by atoms with Crippen molar-refractivity contribution < 1.29 is 9.53 Å². The number of hydrogen-bond donors (Lipinski definition) is 2. The predicted molar refractivity (Wildman–Crippen MR) is 144 cm³/mol. The highest BCUT2D eigenvalue weighted by Crippen LogP contribution is 2.51. The molecule has 1 aliphatic carbocycles. The molecule has 1 aliphatic heterocycles. The van der Waals surface area contributed by atoms with E-state index in [1.807, 2.05) is 54.9 Å². The van der Waals surface area contributed by atoms with E-state index in [2.05, 4.69) is 38.5 Å². The van der Waals surface area contributed by atoms with E-state index in [-0.39, 0.29) is 11.3 Å². The Kier molecular flexibility index (Phi) is 5.54. The van der Waals surface area contributed by atoms with Crippen LogP contribution in [-0.4, -0.2) is 29.2 Å². The van der Waals surface area contributed by atoms with Crippen LogP contribution in [0, 0.1) is 11.8 Å². The molecule has 2 aliphatic rings. The molecule has 36 heavy (non-hydrogen) atoms. The maximum Gasteiger partial charge on any atom is 0.235 e. The number of carbonyl (C=O) groups is 1. The molecule has 0 atom stereocenters. The summed E-state index contributed by atoms with van der Waals surface area (Å²) < 4.78 is 5.56. The molecule has 1 fully saturated rings. The Morgan fingerprint density at radius 2 is 1.97 bits per heavy atom. The fraction of sp³-hybridized carbons (Fsp3) is 0.207. The molecular formula is C29H24N4O2S. The Morgan fingerprint density at radius 3 is 2.75 bits per heavy atom. The number of anilines is 3. The van der Waals surface area contributed by atoms with Crippen molar-refractivity contribution in [3.05, 3.63) is 77.7 Å². The SMILES string of the molecule is COc1cc(SC)ccc1Nc1cc2c(C#Cc3ccc4c(c3)NC(=O)C43CCC3)nccc2cn1. The predicted octanol–water partition coefficient (Wildman–Crippen LogP) is 5.88. The van der Waals surface area contributed by atoms with Crippen LogP contribution in [0.25, 0.3) is 10.8 Å². The average molecular weight is 493 g/mol. The molecule has 1 spiro atoms. The molecule has 6 nitrogen and oxygen atoms in total. The van der Waals surface area contributed by atoms with Gasteiger partial charge in [0.15, 0.2) is 0 Å². The van der Waals surface area contributed by atoms with Crippen LogP contribution < -0.4 is 15.4 Å². The Balaban J connectivity index is 1.31. The maximum atomic E-state index is 12.5. The summed E-state index contributed by atoms with van der Waals surface area (Å²) in [5.74, 6) is 8.02. The van der Waals surface area contributed by atoms with Gasteiger partial charge in [-0.1, -0.05) is 18.4 Å². The minimum atomic E-state index is -0.312. The second kappa shape index (κ2) is 8.89. The summed E-state index contributed by atoms with van der Waals surface area (Å²) in [6.07, 6.45) is 8.54. The van der Waals surface area contributed by atoms with E-state index in [0.717, 1.165) is 63.2 Å². The summed E-state index contributed by atoms with van der Waals surface area (Å²) in [5, 5.41) is 8.28. The third kappa shape index (κ3) is 3.75. The van der Waals surface area contributed by atoms with Gasteiger partial charge in [0.05, 0.1) is 18.2 Å². The van der Waals surface area contributed by atoms with E-state index >= 15 is 0 Å². The molecule has 0 saturated heterocycles. The Bertz CT molecular complexity index is 1580. The van der Waals surface area contributed by atoms with Gasteiger partial charge in [0, 0.05) is 39.3 Å². The Morgan fingerprint density at radius 1 is 1.08 bits per heavy atom. The lowest BCUT2D eigenvalue weighted by molar-refractivity contribution is -0.123. The third-order valence-electron chi connectivity index (χ3n) is 7.07. The fourth-order valence-corrected chi connectivity index (χ4v) is 5.37. The van der Waals surface area contributed by atoms with E-state index in [9.17, 15) is 4.79 Å². The lowest BCUT2D eigenvalue weighted by Gasteiger charge is -2.36. The van der Waals surface area contributed by atoms with Gasteiger partial charge in [0.25, 0.3) is 0 Å². The van der Waals surface area contributed by atoms with Crippen LogP contribution in [0.1, 0.15) is 36.1 Å². The normalized spacial score (nSPS) is 15.0. The van der Waals surface area contributed by atoms with Crippen LogP contribution in [0.2, 0.25) is 0 Å². The van der Waals surface area contributed by atoms with Crippen molar-refractivity contribution in [2.75, 3.05) is 24.0 Å². The number of pyridine rings is 2. The average Bonchev–Trinajstić information content (AvgIpc) is 3.19. The van der Waals surface area contributed by atoms with Crippen molar-refractivity contribution in [2.45, 2.75) is 29.6 Å². The molecular weight excluding hydrogens is 468 g/mol. The van der Waals surface area contributed by atoms with Gasteiger partial charge >= 0.3 is 0 Å². The number of carbonyl (C=O) groups excluding carboxylic acids is 1. The van der Waals surface area contributed by atoms with Crippen LogP contribution in [-0.2, 0) is 10.2 Å². The summed E-state index contributed by atoms with van der Waals surface area (Å²) in [6.45, 7) is 0. The zero-order chi connectivity index (χ0) is 24.7. The molecule has 1 amide bonds. The topological polar surface area (TPSA) is 76.1 Å². The molecule has 1 saturated carbocycles. The lowest BCUT2D eigenvalue weighted by atomic mass is 9.65. The zero-order valence-electron chi connectivity index (χ0n) is 20.0. The number of thioether (sulfide) groups is 1. The molecule has 6 rings (SSSR count). The van der Waals surface area contributed by atoms with Crippen LogP contribution in [0.4, 0.5) is 17.2 Å². The van der Waals surface area contributed by atoms with E-state index in [1.165, 1.54) is 0 Å². The molecule has 3 heterocycles. The number of amides is 1. The first-order chi connectivity index (χ1) is 17.6. The molecule has 4 aromatic rings. The summed E-state index contributed by atoms with van der Waals surface area (Å²) in [7, 11) is 1.66. The van der Waals surface area contributed by atoms with E-state index in [4.69, 9.17) is 4.74 Å². The highest BCUT2D eigenvalue weighted by Gasteiger charge is 2.50. The van der Waals surface area contributed by atoms with Crippen LogP contribution >= 0.6 is 11.8 Å². The molecule has 0 bridgehead atoms. The van der Waals surface area contributed by atoms with Crippen molar-refractivity contribution in [3.8, 4) is 17.6 Å². The minimum absolute atomic E-state index is 0.122. The molecule has 0 unspecified atom stereocenters. The first-order valence-corrected chi connectivity index (χ1v) is 13.0. The van der Waals surface area contributed by atoms with Crippen molar-refractivity contribution in [2.24, 2.45) is 0 Å². The standard InChI is InChI=1S/C29H24N4O2S/c1-35-26-15-20(36-2)6-9-24(26)32-27-16-21-19(17-31-27)10-13-30-23(21)8-5-18-4-7-22-25(14-18)33-28(34)29(22)11-3-12-29/h4,6-7,9-10,13-17H,3,11-12H2,1-2H3,(H,31,32)(H,33,34). The summed E-state index contributed by atoms with van der Waals surface area (Å²) in [6, 6.07) is 15.9. The van der Waals surface area contributed by atoms with E-state index < -0.39 is 0 Å². The van der Waals surface area contributed by atoms with Crippen molar-refractivity contribution in [1.82, 2.24) is 9.97 Å². The van der Waals surface area contributed by atoms with Crippen LogP contribution in [0.5, 0.6) is 5.75 Å². The highest BCUT2D eigenvalue weighted by molar-refractivity contribution is 7.98.